The number of rotatable bonds is 7. The van der Waals surface area contributed by atoms with Gasteiger partial charge in [-0.3, -0.25) is 0 Å². The van der Waals surface area contributed by atoms with E-state index in [4.69, 9.17) is 21.1 Å². The molecule has 0 bridgehead atoms. The Bertz CT molecular complexity index is 896. The fourth-order valence-electron chi connectivity index (χ4n) is 2.17. The topological polar surface area (TPSA) is 61.5 Å². The molecule has 2 aromatic carbocycles. The molecule has 1 heterocycles. The van der Waals surface area contributed by atoms with E-state index in [0.29, 0.717) is 10.9 Å². The first-order valence-corrected chi connectivity index (χ1v) is 9.09. The zero-order chi connectivity index (χ0) is 18.4. The number of benzene rings is 2. The Morgan fingerprint density at radius 3 is 2.69 bits per heavy atom. The minimum absolute atomic E-state index is 0.677. The summed E-state index contributed by atoms with van der Waals surface area (Å²) in [7, 11) is 3.22. The molecule has 8 heteroatoms. The minimum Gasteiger partial charge on any atom is -0.497 e. The summed E-state index contributed by atoms with van der Waals surface area (Å²) in [5.74, 6) is 2.15. The Morgan fingerprint density at radius 1 is 1.15 bits per heavy atom. The molecule has 0 amide bonds. The van der Waals surface area contributed by atoms with Crippen molar-refractivity contribution < 1.29 is 9.47 Å². The number of hydrogen-bond acceptors (Lipinski definition) is 6. The van der Waals surface area contributed by atoms with Crippen molar-refractivity contribution in [2.45, 2.75) is 10.9 Å². The number of halogens is 1. The zero-order valence-corrected chi connectivity index (χ0v) is 15.9. The molecule has 0 spiro atoms. The van der Waals surface area contributed by atoms with Crippen molar-refractivity contribution >= 4 is 29.6 Å². The molecule has 0 atom stereocenters. The third kappa shape index (κ3) is 4.56. The molecule has 6 nitrogen and oxygen atoms in total. The summed E-state index contributed by atoms with van der Waals surface area (Å²) in [5, 5.41) is 13.9. The van der Waals surface area contributed by atoms with Gasteiger partial charge in [-0.1, -0.05) is 35.5 Å². The summed E-state index contributed by atoms with van der Waals surface area (Å²) in [6.07, 6.45) is 3.27. The van der Waals surface area contributed by atoms with Gasteiger partial charge in [0.15, 0.2) is 0 Å². The van der Waals surface area contributed by atoms with Gasteiger partial charge in [0, 0.05) is 22.4 Å². The largest absolute Gasteiger partial charge is 0.497 e. The van der Waals surface area contributed by atoms with E-state index >= 15 is 0 Å². The lowest BCUT2D eigenvalue weighted by Gasteiger charge is -2.07. The van der Waals surface area contributed by atoms with Gasteiger partial charge in [0.1, 0.15) is 17.8 Å². The molecule has 134 valence electrons. The fraction of sp³-hybridized carbons (Fsp3) is 0.167. The number of ether oxygens (including phenoxy) is 2. The van der Waals surface area contributed by atoms with Crippen LogP contribution in [0, 0.1) is 0 Å². The molecule has 3 aromatic rings. The predicted molar refractivity (Wildman–Crippen MR) is 104 cm³/mol. The predicted octanol–water partition coefficient (Wildman–Crippen LogP) is 4.12. The first-order valence-electron chi connectivity index (χ1n) is 7.73. The van der Waals surface area contributed by atoms with E-state index in [9.17, 15) is 0 Å². The fourth-order valence-corrected chi connectivity index (χ4v) is 3.12. The van der Waals surface area contributed by atoms with Gasteiger partial charge < -0.3 is 9.47 Å². The molecule has 0 N–H and O–H groups in total. The zero-order valence-electron chi connectivity index (χ0n) is 14.3. The summed E-state index contributed by atoms with van der Waals surface area (Å²) in [6.45, 7) is 0. The van der Waals surface area contributed by atoms with Crippen LogP contribution in [0.1, 0.15) is 11.1 Å². The van der Waals surface area contributed by atoms with Crippen molar-refractivity contribution in [3.8, 4) is 11.5 Å². The smallest absolute Gasteiger partial charge is 0.212 e. The van der Waals surface area contributed by atoms with Gasteiger partial charge in [0.05, 0.1) is 20.4 Å². The molecule has 0 aliphatic heterocycles. The Balaban J connectivity index is 1.72. The van der Waals surface area contributed by atoms with E-state index in [-0.39, 0.29) is 0 Å². The van der Waals surface area contributed by atoms with Gasteiger partial charge in [-0.2, -0.15) is 9.78 Å². The summed E-state index contributed by atoms with van der Waals surface area (Å²) in [5.41, 5.74) is 1.98. The second-order valence-electron chi connectivity index (χ2n) is 5.23. The van der Waals surface area contributed by atoms with Gasteiger partial charge in [0.2, 0.25) is 5.16 Å². The molecule has 0 saturated heterocycles. The quantitative estimate of drug-likeness (QED) is 0.450. The van der Waals surface area contributed by atoms with Crippen LogP contribution in [0.4, 0.5) is 0 Å². The highest BCUT2D eigenvalue weighted by Gasteiger charge is 2.06. The molecular weight excluding hydrogens is 372 g/mol. The maximum absolute atomic E-state index is 5.91. The van der Waals surface area contributed by atoms with E-state index in [2.05, 4.69) is 15.3 Å². The average molecular weight is 389 g/mol. The van der Waals surface area contributed by atoms with E-state index < -0.39 is 0 Å². The Hall–Kier alpha value is -2.51. The van der Waals surface area contributed by atoms with Crippen molar-refractivity contribution in [3.63, 3.8) is 0 Å². The minimum atomic E-state index is 0.677. The standard InChI is InChI=1S/C18H17ClN4O2S/c1-24-16-8-5-14(17(9-16)25-2)10-21-23-12-20-22-18(23)26-11-13-3-6-15(19)7-4-13/h3-10,12H,11H2,1-2H3/b21-10+. The van der Waals surface area contributed by atoms with E-state index in [0.717, 1.165) is 27.7 Å². The normalized spacial score (nSPS) is 11.0. The Labute approximate surface area is 160 Å². The van der Waals surface area contributed by atoms with Gasteiger partial charge in [-0.05, 0) is 29.8 Å². The Kier molecular flexibility index (Phi) is 6.14. The van der Waals surface area contributed by atoms with Crippen LogP contribution in [0.3, 0.4) is 0 Å². The van der Waals surface area contributed by atoms with Crippen LogP contribution in [0.15, 0.2) is 59.0 Å². The number of thioether (sulfide) groups is 1. The van der Waals surface area contributed by atoms with Crippen LogP contribution in [-0.4, -0.2) is 35.3 Å². The summed E-state index contributed by atoms with van der Waals surface area (Å²) in [6, 6.07) is 13.3. The van der Waals surface area contributed by atoms with Crippen molar-refractivity contribution in [3.05, 3.63) is 64.9 Å². The summed E-state index contributed by atoms with van der Waals surface area (Å²) in [4.78, 5) is 0. The molecular formula is C18H17ClN4O2S. The van der Waals surface area contributed by atoms with Crippen LogP contribution in [0.5, 0.6) is 11.5 Å². The molecule has 1 aromatic heterocycles. The number of methoxy groups -OCH3 is 2. The molecule has 3 rings (SSSR count). The molecule has 0 radical (unpaired) electrons. The molecule has 0 saturated carbocycles. The maximum atomic E-state index is 5.91. The van der Waals surface area contributed by atoms with Crippen molar-refractivity contribution in [1.82, 2.24) is 14.9 Å². The van der Waals surface area contributed by atoms with Gasteiger partial charge in [0.25, 0.3) is 0 Å². The number of hydrogen-bond donors (Lipinski definition) is 0. The van der Waals surface area contributed by atoms with Crippen LogP contribution >= 0.6 is 23.4 Å². The monoisotopic (exact) mass is 388 g/mol. The average Bonchev–Trinajstić information content (AvgIpc) is 3.13. The van der Waals surface area contributed by atoms with Crippen molar-refractivity contribution in [2.75, 3.05) is 14.2 Å². The highest BCUT2D eigenvalue weighted by molar-refractivity contribution is 7.98. The number of nitrogens with zero attached hydrogens (tertiary/aromatic N) is 4. The molecule has 26 heavy (non-hydrogen) atoms. The van der Waals surface area contributed by atoms with Crippen LogP contribution < -0.4 is 9.47 Å². The molecule has 0 aliphatic carbocycles. The highest BCUT2D eigenvalue weighted by Crippen LogP contribution is 2.24. The van der Waals surface area contributed by atoms with Crippen molar-refractivity contribution in [1.29, 1.82) is 0 Å². The molecule has 0 fully saturated rings. The summed E-state index contributed by atoms with van der Waals surface area (Å²) < 4.78 is 12.2. The van der Waals surface area contributed by atoms with Crippen molar-refractivity contribution in [2.24, 2.45) is 5.10 Å². The lowest BCUT2D eigenvalue weighted by atomic mass is 10.2. The maximum Gasteiger partial charge on any atom is 0.212 e. The number of aromatic nitrogens is 3. The van der Waals surface area contributed by atoms with Gasteiger partial charge >= 0.3 is 0 Å². The summed E-state index contributed by atoms with van der Waals surface area (Å²) >= 11 is 7.45. The van der Waals surface area contributed by atoms with E-state index in [1.165, 1.54) is 0 Å². The lowest BCUT2D eigenvalue weighted by molar-refractivity contribution is 0.394. The van der Waals surface area contributed by atoms with Crippen LogP contribution in [0.2, 0.25) is 5.02 Å². The van der Waals surface area contributed by atoms with Crippen LogP contribution in [0.25, 0.3) is 0 Å². The van der Waals surface area contributed by atoms with Gasteiger partial charge in [-0.25, -0.2) is 0 Å². The van der Waals surface area contributed by atoms with E-state index in [1.807, 2.05) is 42.5 Å². The first kappa shape index (κ1) is 18.3. The van der Waals surface area contributed by atoms with Crippen LogP contribution in [-0.2, 0) is 5.75 Å². The van der Waals surface area contributed by atoms with Gasteiger partial charge in [-0.15, -0.1) is 10.2 Å². The molecule has 0 unspecified atom stereocenters. The lowest BCUT2D eigenvalue weighted by Crippen LogP contribution is -1.96. The SMILES string of the molecule is COc1ccc(/C=N/n2cnnc2SCc2ccc(Cl)cc2)c(OC)c1. The molecule has 0 aliphatic rings. The van der Waals surface area contributed by atoms with E-state index in [1.54, 1.807) is 43.2 Å². The Morgan fingerprint density at radius 2 is 1.96 bits per heavy atom. The first-order chi connectivity index (χ1) is 12.7. The second-order valence-corrected chi connectivity index (χ2v) is 6.60. The third-order valence-electron chi connectivity index (χ3n) is 3.54. The third-order valence-corrected chi connectivity index (χ3v) is 4.80. The second kappa shape index (κ2) is 8.73. The highest BCUT2D eigenvalue weighted by atomic mass is 35.5.